The second-order valence-corrected chi connectivity index (χ2v) is 6.81. The highest BCUT2D eigenvalue weighted by Crippen LogP contribution is 2.42. The van der Waals surface area contributed by atoms with Crippen molar-refractivity contribution in [2.24, 2.45) is 0 Å². The largest absolute Gasteiger partial charge is 0.507 e. The number of carbonyl (C=O) groups is 1. The summed E-state index contributed by atoms with van der Waals surface area (Å²) in [6.07, 6.45) is 2.21. The highest BCUT2D eigenvalue weighted by molar-refractivity contribution is 6.11. The lowest BCUT2D eigenvalue weighted by atomic mass is 9.87. The maximum Gasteiger partial charge on any atom is 0.196 e. The van der Waals surface area contributed by atoms with Gasteiger partial charge in [-0.05, 0) is 39.3 Å². The normalized spacial score (nSPS) is 15.7. The van der Waals surface area contributed by atoms with Gasteiger partial charge in [-0.3, -0.25) is 4.79 Å². The average molecular weight is 321 g/mol. The first-order chi connectivity index (χ1) is 11.3. The number of carbonyl (C=O) groups excluding carboxylic acids is 1. The van der Waals surface area contributed by atoms with Crippen molar-refractivity contribution < 1.29 is 9.90 Å². The number of rotatable bonds is 3. The first-order valence-corrected chi connectivity index (χ1v) is 8.29. The van der Waals surface area contributed by atoms with Crippen LogP contribution in [0.1, 0.15) is 49.2 Å². The van der Waals surface area contributed by atoms with Crippen LogP contribution in [0, 0.1) is 0 Å². The van der Waals surface area contributed by atoms with Crippen molar-refractivity contribution >= 4 is 17.0 Å². The molecule has 0 unspecified atom stereocenters. The van der Waals surface area contributed by atoms with Gasteiger partial charge in [-0.1, -0.05) is 36.4 Å². The molecule has 0 aliphatic carbocycles. The van der Waals surface area contributed by atoms with Gasteiger partial charge in [-0.25, -0.2) is 0 Å². The summed E-state index contributed by atoms with van der Waals surface area (Å²) < 4.78 is 0. The van der Waals surface area contributed by atoms with Crippen LogP contribution in [0.3, 0.4) is 0 Å². The van der Waals surface area contributed by atoms with Gasteiger partial charge in [0.25, 0.3) is 0 Å². The Labute approximate surface area is 143 Å². The molecule has 3 rings (SSSR count). The molecule has 0 saturated heterocycles. The van der Waals surface area contributed by atoms with Crippen LogP contribution in [-0.4, -0.2) is 23.0 Å². The van der Waals surface area contributed by atoms with Gasteiger partial charge in [0, 0.05) is 29.4 Å². The number of benzene rings is 2. The molecule has 1 heterocycles. The van der Waals surface area contributed by atoms with E-state index in [1.165, 1.54) is 0 Å². The maximum absolute atomic E-state index is 12.7. The van der Waals surface area contributed by atoms with E-state index in [9.17, 15) is 9.90 Å². The molecule has 1 aliphatic heterocycles. The smallest absolute Gasteiger partial charge is 0.196 e. The highest BCUT2D eigenvalue weighted by Gasteiger charge is 2.31. The van der Waals surface area contributed by atoms with Crippen molar-refractivity contribution in [2.45, 2.75) is 33.2 Å². The molecule has 3 heteroatoms. The third kappa shape index (κ3) is 2.60. The van der Waals surface area contributed by atoms with Crippen LogP contribution >= 0.6 is 0 Å². The Balaban J connectivity index is 2.15. The first-order valence-electron chi connectivity index (χ1n) is 8.29. The second kappa shape index (κ2) is 5.82. The number of ketones is 1. The summed E-state index contributed by atoms with van der Waals surface area (Å²) >= 11 is 0. The third-order valence-corrected chi connectivity index (χ3v) is 4.69. The summed E-state index contributed by atoms with van der Waals surface area (Å²) in [5, 5.41) is 10.5. The molecular weight excluding hydrogens is 298 g/mol. The Bertz CT molecular complexity index is 819. The SMILES string of the molecule is CCN1c2cc(O)c(C(=O)c3ccccc3)cc2C(C)=CC1(C)C. The number of phenols is 1. The first kappa shape index (κ1) is 16.3. The van der Waals surface area contributed by atoms with Crippen LogP contribution in [0.4, 0.5) is 5.69 Å². The number of anilines is 1. The Morgan fingerprint density at radius 3 is 2.46 bits per heavy atom. The Hall–Kier alpha value is -2.55. The molecule has 2 aromatic rings. The molecule has 0 radical (unpaired) electrons. The van der Waals surface area contributed by atoms with Gasteiger partial charge in [0.15, 0.2) is 5.78 Å². The lowest BCUT2D eigenvalue weighted by Crippen LogP contribution is -2.44. The second-order valence-electron chi connectivity index (χ2n) is 6.81. The van der Waals surface area contributed by atoms with E-state index < -0.39 is 0 Å². The van der Waals surface area contributed by atoms with E-state index in [0.717, 1.165) is 23.4 Å². The van der Waals surface area contributed by atoms with Crippen LogP contribution in [0.5, 0.6) is 5.75 Å². The summed E-state index contributed by atoms with van der Waals surface area (Å²) in [4.78, 5) is 15.0. The molecule has 3 nitrogen and oxygen atoms in total. The molecule has 0 aromatic heterocycles. The van der Waals surface area contributed by atoms with Crippen LogP contribution in [0.2, 0.25) is 0 Å². The molecular formula is C21H23NO2. The lowest BCUT2D eigenvalue weighted by Gasteiger charge is -2.43. The molecule has 124 valence electrons. The van der Waals surface area contributed by atoms with E-state index in [2.05, 4.69) is 38.7 Å². The number of likely N-dealkylation sites (N-methyl/N-ethyl adjacent to an activating group) is 1. The van der Waals surface area contributed by atoms with Crippen LogP contribution < -0.4 is 4.90 Å². The number of phenolic OH excluding ortho intramolecular Hbond substituents is 1. The van der Waals surface area contributed by atoms with Crippen molar-refractivity contribution in [3.05, 3.63) is 65.2 Å². The van der Waals surface area contributed by atoms with Gasteiger partial charge in [0.05, 0.1) is 11.1 Å². The Morgan fingerprint density at radius 2 is 1.83 bits per heavy atom. The van der Waals surface area contributed by atoms with Crippen molar-refractivity contribution in [3.63, 3.8) is 0 Å². The van der Waals surface area contributed by atoms with Crippen molar-refractivity contribution in [3.8, 4) is 5.75 Å². The lowest BCUT2D eigenvalue weighted by molar-refractivity contribution is 0.103. The van der Waals surface area contributed by atoms with E-state index in [4.69, 9.17) is 0 Å². The van der Waals surface area contributed by atoms with Crippen molar-refractivity contribution in [1.82, 2.24) is 0 Å². The minimum absolute atomic E-state index is 0.0338. The van der Waals surface area contributed by atoms with Crippen molar-refractivity contribution in [1.29, 1.82) is 0 Å². The minimum atomic E-state index is -0.156. The van der Waals surface area contributed by atoms with Crippen LogP contribution in [-0.2, 0) is 0 Å². The van der Waals surface area contributed by atoms with Gasteiger partial charge in [-0.2, -0.15) is 0 Å². The minimum Gasteiger partial charge on any atom is -0.507 e. The maximum atomic E-state index is 12.7. The van der Waals surface area contributed by atoms with Gasteiger partial charge >= 0.3 is 0 Å². The molecule has 0 amide bonds. The van der Waals surface area contributed by atoms with E-state index in [-0.39, 0.29) is 17.1 Å². The molecule has 0 spiro atoms. The zero-order valence-corrected chi connectivity index (χ0v) is 14.6. The Morgan fingerprint density at radius 1 is 1.17 bits per heavy atom. The Kier molecular flexibility index (Phi) is 3.96. The molecule has 0 saturated carbocycles. The number of hydrogen-bond acceptors (Lipinski definition) is 3. The van der Waals surface area contributed by atoms with Crippen LogP contribution in [0.25, 0.3) is 5.57 Å². The molecule has 1 N–H and O–H groups in total. The average Bonchev–Trinajstić information content (AvgIpc) is 2.54. The summed E-state index contributed by atoms with van der Waals surface area (Å²) in [5.74, 6) is -0.122. The standard InChI is InChI=1S/C21H23NO2/c1-5-22-18-12-19(23)17(20(24)15-9-7-6-8-10-15)11-16(18)14(2)13-21(22,3)4/h6-13,23H,5H2,1-4H3. The zero-order chi connectivity index (χ0) is 17.5. The van der Waals surface area contributed by atoms with Gasteiger partial charge in [0.2, 0.25) is 0 Å². The fourth-order valence-corrected chi connectivity index (χ4v) is 3.62. The fraction of sp³-hybridized carbons (Fsp3) is 0.286. The zero-order valence-electron chi connectivity index (χ0n) is 14.6. The summed E-state index contributed by atoms with van der Waals surface area (Å²) in [6.45, 7) is 9.29. The number of aromatic hydroxyl groups is 1. The third-order valence-electron chi connectivity index (χ3n) is 4.69. The molecule has 0 bridgehead atoms. The number of hydrogen-bond donors (Lipinski definition) is 1. The quantitative estimate of drug-likeness (QED) is 0.837. The number of allylic oxidation sites excluding steroid dienone is 1. The van der Waals surface area contributed by atoms with Gasteiger partial charge < -0.3 is 10.0 Å². The predicted octanol–water partition coefficient (Wildman–Crippen LogP) is 4.65. The highest BCUT2D eigenvalue weighted by atomic mass is 16.3. The molecule has 2 aromatic carbocycles. The van der Waals surface area contributed by atoms with E-state index in [1.54, 1.807) is 18.2 Å². The number of fused-ring (bicyclic) bond motifs is 1. The van der Waals surface area contributed by atoms with Gasteiger partial charge in [0.1, 0.15) is 5.75 Å². The molecule has 24 heavy (non-hydrogen) atoms. The predicted molar refractivity (Wildman–Crippen MR) is 98.7 cm³/mol. The number of nitrogens with zero attached hydrogens (tertiary/aromatic N) is 1. The summed E-state index contributed by atoms with van der Waals surface area (Å²) in [6, 6.07) is 12.6. The van der Waals surface area contributed by atoms with Crippen LogP contribution in [0.15, 0.2) is 48.5 Å². The molecule has 1 aliphatic rings. The monoisotopic (exact) mass is 321 g/mol. The van der Waals surface area contributed by atoms with E-state index >= 15 is 0 Å². The summed E-state index contributed by atoms with van der Waals surface area (Å²) in [7, 11) is 0. The molecule has 0 fully saturated rings. The van der Waals surface area contributed by atoms with E-state index in [0.29, 0.717) is 11.1 Å². The topological polar surface area (TPSA) is 40.5 Å². The van der Waals surface area contributed by atoms with Gasteiger partial charge in [-0.15, -0.1) is 0 Å². The van der Waals surface area contributed by atoms with E-state index in [1.807, 2.05) is 24.3 Å². The summed E-state index contributed by atoms with van der Waals surface area (Å²) in [5.41, 5.74) is 3.92. The van der Waals surface area contributed by atoms with Crippen molar-refractivity contribution in [2.75, 3.05) is 11.4 Å². The fourth-order valence-electron chi connectivity index (χ4n) is 3.62. The molecule has 0 atom stereocenters.